The van der Waals surface area contributed by atoms with Crippen molar-refractivity contribution < 1.29 is 19.4 Å². The highest BCUT2D eigenvalue weighted by Gasteiger charge is 2.22. The Bertz CT molecular complexity index is 908. The summed E-state index contributed by atoms with van der Waals surface area (Å²) in [6, 6.07) is 10.8. The van der Waals surface area contributed by atoms with Crippen LogP contribution in [0.25, 0.3) is 11.4 Å². The first-order valence-electron chi connectivity index (χ1n) is 7.19. The molecule has 0 saturated carbocycles. The Kier molecular flexibility index (Phi) is 3.34. The predicted molar refractivity (Wildman–Crippen MR) is 81.9 cm³/mol. The Hall–Kier alpha value is -3.42. The SMILES string of the molecule is O=C(O)c1nnn(Cc2ccc3c(c2)OCO3)c1-c1ccccn1. The van der Waals surface area contributed by atoms with E-state index in [1.807, 2.05) is 18.2 Å². The van der Waals surface area contributed by atoms with E-state index >= 15 is 0 Å². The first kappa shape index (κ1) is 14.2. The molecule has 0 bridgehead atoms. The largest absolute Gasteiger partial charge is 0.476 e. The second kappa shape index (κ2) is 5.65. The van der Waals surface area contributed by atoms with Gasteiger partial charge in [-0.15, -0.1) is 5.10 Å². The van der Waals surface area contributed by atoms with Crippen molar-refractivity contribution in [1.82, 2.24) is 20.0 Å². The van der Waals surface area contributed by atoms with Crippen molar-refractivity contribution in [2.24, 2.45) is 0 Å². The Morgan fingerprint density at radius 3 is 2.88 bits per heavy atom. The number of aromatic nitrogens is 4. The molecule has 1 N–H and O–H groups in total. The molecule has 4 rings (SSSR count). The third-order valence-electron chi connectivity index (χ3n) is 3.61. The maximum Gasteiger partial charge on any atom is 0.358 e. The quantitative estimate of drug-likeness (QED) is 0.781. The van der Waals surface area contributed by atoms with E-state index in [9.17, 15) is 9.90 Å². The van der Waals surface area contributed by atoms with Crippen LogP contribution in [0.15, 0.2) is 42.6 Å². The smallest absolute Gasteiger partial charge is 0.358 e. The Morgan fingerprint density at radius 2 is 2.08 bits per heavy atom. The Balaban J connectivity index is 1.75. The van der Waals surface area contributed by atoms with E-state index in [0.29, 0.717) is 29.4 Å². The molecule has 0 radical (unpaired) electrons. The summed E-state index contributed by atoms with van der Waals surface area (Å²) in [5, 5.41) is 17.1. The lowest BCUT2D eigenvalue weighted by Gasteiger charge is -2.07. The molecule has 24 heavy (non-hydrogen) atoms. The zero-order valence-corrected chi connectivity index (χ0v) is 12.4. The number of rotatable bonds is 4. The van der Waals surface area contributed by atoms with Gasteiger partial charge in [-0.3, -0.25) is 4.98 Å². The molecule has 1 aromatic carbocycles. The molecule has 0 saturated heterocycles. The average molecular weight is 324 g/mol. The number of fused-ring (bicyclic) bond motifs is 1. The third-order valence-corrected chi connectivity index (χ3v) is 3.61. The minimum atomic E-state index is -1.15. The van der Waals surface area contributed by atoms with Crippen LogP contribution in [0.5, 0.6) is 11.5 Å². The van der Waals surface area contributed by atoms with Crippen LogP contribution in [0.1, 0.15) is 16.1 Å². The first-order valence-corrected chi connectivity index (χ1v) is 7.19. The van der Waals surface area contributed by atoms with Crippen molar-refractivity contribution in [2.45, 2.75) is 6.54 Å². The highest BCUT2D eigenvalue weighted by Crippen LogP contribution is 2.33. The Labute approximate surface area is 136 Å². The van der Waals surface area contributed by atoms with Gasteiger partial charge in [0.1, 0.15) is 5.69 Å². The van der Waals surface area contributed by atoms with Gasteiger partial charge in [0.15, 0.2) is 17.2 Å². The summed E-state index contributed by atoms with van der Waals surface area (Å²) in [6.45, 7) is 0.535. The lowest BCUT2D eigenvalue weighted by molar-refractivity contribution is 0.0691. The summed E-state index contributed by atoms with van der Waals surface area (Å²) in [5.74, 6) is 0.201. The molecule has 0 unspecified atom stereocenters. The second-order valence-corrected chi connectivity index (χ2v) is 5.15. The van der Waals surface area contributed by atoms with Crippen molar-refractivity contribution in [1.29, 1.82) is 0 Å². The molecule has 120 valence electrons. The van der Waals surface area contributed by atoms with Crippen molar-refractivity contribution in [2.75, 3.05) is 6.79 Å². The van der Waals surface area contributed by atoms with Crippen molar-refractivity contribution in [3.63, 3.8) is 0 Å². The molecular formula is C16H12N4O4. The topological polar surface area (TPSA) is 99.4 Å². The van der Waals surface area contributed by atoms with E-state index in [1.54, 1.807) is 24.4 Å². The van der Waals surface area contributed by atoms with Crippen molar-refractivity contribution in [3.05, 3.63) is 53.9 Å². The minimum absolute atomic E-state index is 0.130. The molecule has 0 fully saturated rings. The van der Waals surface area contributed by atoms with E-state index in [4.69, 9.17) is 9.47 Å². The lowest BCUT2D eigenvalue weighted by atomic mass is 10.1. The average Bonchev–Trinajstić information content (AvgIpc) is 3.22. The highest BCUT2D eigenvalue weighted by atomic mass is 16.7. The normalized spacial score (nSPS) is 12.3. The third kappa shape index (κ3) is 2.43. The molecule has 0 aliphatic carbocycles. The summed E-state index contributed by atoms with van der Waals surface area (Å²) in [7, 11) is 0. The maximum atomic E-state index is 11.4. The molecule has 8 nitrogen and oxygen atoms in total. The van der Waals surface area contributed by atoms with Crippen LogP contribution < -0.4 is 9.47 Å². The standard InChI is InChI=1S/C16H12N4O4/c21-16(22)14-15(11-3-1-2-6-17-11)20(19-18-14)8-10-4-5-12-13(7-10)24-9-23-12/h1-7H,8-9H2,(H,21,22). The fourth-order valence-electron chi connectivity index (χ4n) is 2.54. The Morgan fingerprint density at radius 1 is 1.21 bits per heavy atom. The van der Waals surface area contributed by atoms with Crippen LogP contribution in [0.2, 0.25) is 0 Å². The van der Waals surface area contributed by atoms with Crippen LogP contribution in [0.4, 0.5) is 0 Å². The summed E-state index contributed by atoms with van der Waals surface area (Å²) >= 11 is 0. The summed E-state index contributed by atoms with van der Waals surface area (Å²) in [4.78, 5) is 15.6. The maximum absolute atomic E-state index is 11.4. The number of carboxylic acids is 1. The number of hydrogen-bond donors (Lipinski definition) is 1. The molecule has 8 heteroatoms. The fraction of sp³-hybridized carbons (Fsp3) is 0.125. The molecular weight excluding hydrogens is 312 g/mol. The van der Waals surface area contributed by atoms with Crippen LogP contribution in [-0.2, 0) is 6.54 Å². The van der Waals surface area contributed by atoms with Crippen LogP contribution in [0, 0.1) is 0 Å². The van der Waals surface area contributed by atoms with E-state index < -0.39 is 5.97 Å². The number of aromatic carboxylic acids is 1. The van der Waals surface area contributed by atoms with Crippen LogP contribution in [0.3, 0.4) is 0 Å². The number of nitrogens with zero attached hydrogens (tertiary/aromatic N) is 4. The summed E-state index contributed by atoms with van der Waals surface area (Å²) in [6.07, 6.45) is 1.60. The predicted octanol–water partition coefficient (Wildman–Crippen LogP) is 1.82. The van der Waals surface area contributed by atoms with Gasteiger partial charge in [0.2, 0.25) is 6.79 Å². The van der Waals surface area contributed by atoms with Gasteiger partial charge in [0.05, 0.1) is 12.2 Å². The molecule has 3 aromatic rings. The van der Waals surface area contributed by atoms with Gasteiger partial charge in [-0.1, -0.05) is 17.3 Å². The zero-order valence-electron chi connectivity index (χ0n) is 12.4. The van der Waals surface area contributed by atoms with Crippen LogP contribution in [-0.4, -0.2) is 37.8 Å². The van der Waals surface area contributed by atoms with E-state index in [1.165, 1.54) is 4.68 Å². The molecule has 1 aliphatic rings. The summed E-state index contributed by atoms with van der Waals surface area (Å²) < 4.78 is 12.2. The summed E-state index contributed by atoms with van der Waals surface area (Å²) in [5.41, 5.74) is 1.62. The number of carboxylic acid groups (broad SMARTS) is 1. The van der Waals surface area contributed by atoms with E-state index in [2.05, 4.69) is 15.3 Å². The second-order valence-electron chi connectivity index (χ2n) is 5.15. The number of ether oxygens (including phenoxy) is 2. The van der Waals surface area contributed by atoms with Gasteiger partial charge < -0.3 is 14.6 Å². The monoisotopic (exact) mass is 324 g/mol. The highest BCUT2D eigenvalue weighted by molar-refractivity contribution is 5.92. The zero-order chi connectivity index (χ0) is 16.5. The molecule has 1 aliphatic heterocycles. The van der Waals surface area contributed by atoms with Gasteiger partial charge in [0.25, 0.3) is 0 Å². The number of hydrogen-bond acceptors (Lipinski definition) is 6. The van der Waals surface area contributed by atoms with Gasteiger partial charge in [-0.05, 0) is 29.8 Å². The minimum Gasteiger partial charge on any atom is -0.476 e. The first-order chi connectivity index (χ1) is 11.7. The van der Waals surface area contributed by atoms with Crippen molar-refractivity contribution >= 4 is 5.97 Å². The molecule has 0 amide bonds. The molecule has 0 spiro atoms. The molecule has 0 atom stereocenters. The molecule has 2 aromatic heterocycles. The lowest BCUT2D eigenvalue weighted by Crippen LogP contribution is -2.07. The van der Waals surface area contributed by atoms with Crippen LogP contribution >= 0.6 is 0 Å². The number of pyridine rings is 1. The van der Waals surface area contributed by atoms with E-state index in [0.717, 1.165) is 5.56 Å². The van der Waals surface area contributed by atoms with Gasteiger partial charge in [-0.25, -0.2) is 9.48 Å². The number of benzene rings is 1. The van der Waals surface area contributed by atoms with Gasteiger partial charge in [0, 0.05) is 6.20 Å². The van der Waals surface area contributed by atoms with E-state index in [-0.39, 0.29) is 12.5 Å². The number of carbonyl (C=O) groups is 1. The fourth-order valence-corrected chi connectivity index (χ4v) is 2.54. The van der Waals surface area contributed by atoms with Gasteiger partial charge in [-0.2, -0.15) is 0 Å². The molecule has 3 heterocycles. The van der Waals surface area contributed by atoms with Crippen molar-refractivity contribution in [3.8, 4) is 22.9 Å². The van der Waals surface area contributed by atoms with Gasteiger partial charge >= 0.3 is 5.97 Å².